The first-order chi connectivity index (χ1) is 8.77. The van der Waals surface area contributed by atoms with Gasteiger partial charge in [-0.2, -0.15) is 11.3 Å². The smallest absolute Gasteiger partial charge is 0.0922 e. The fraction of sp³-hybridized carbons (Fsp3) is 0.286. The molecule has 0 fully saturated rings. The molecule has 0 saturated carbocycles. The lowest BCUT2D eigenvalue weighted by atomic mass is 10.1. The molecule has 1 aromatic heterocycles. The van der Waals surface area contributed by atoms with Crippen LogP contribution in [0, 0.1) is 0 Å². The van der Waals surface area contributed by atoms with Gasteiger partial charge in [0.15, 0.2) is 0 Å². The van der Waals surface area contributed by atoms with Crippen molar-refractivity contribution < 1.29 is 10.2 Å². The van der Waals surface area contributed by atoms with E-state index in [9.17, 15) is 10.2 Å². The van der Waals surface area contributed by atoms with Crippen molar-refractivity contribution in [1.29, 1.82) is 0 Å². The molecule has 2 aromatic rings. The number of aliphatic hydroxyl groups is 2. The maximum Gasteiger partial charge on any atom is 0.0922 e. The van der Waals surface area contributed by atoms with Crippen LogP contribution in [0.25, 0.3) is 0 Å². The van der Waals surface area contributed by atoms with Gasteiger partial charge in [-0.25, -0.2) is 0 Å². The van der Waals surface area contributed by atoms with Crippen LogP contribution in [0.2, 0.25) is 0 Å². The van der Waals surface area contributed by atoms with Gasteiger partial charge in [-0.05, 0) is 28.0 Å². The second-order valence-corrected chi connectivity index (χ2v) is 4.94. The lowest BCUT2D eigenvalue weighted by Gasteiger charge is -2.14. The Morgan fingerprint density at radius 2 is 1.61 bits per heavy atom. The van der Waals surface area contributed by atoms with Crippen LogP contribution in [0.1, 0.15) is 23.3 Å². The number of hydrogen-bond acceptors (Lipinski definition) is 4. The maximum atomic E-state index is 9.92. The van der Waals surface area contributed by atoms with Crippen LogP contribution >= 0.6 is 11.3 Å². The van der Waals surface area contributed by atoms with Crippen molar-refractivity contribution in [2.45, 2.75) is 12.2 Å². The lowest BCUT2D eigenvalue weighted by Crippen LogP contribution is -2.26. The minimum absolute atomic E-state index is 0.436. The molecule has 0 spiro atoms. The molecular formula is C14H17NO2S. The molecule has 1 heterocycles. The van der Waals surface area contributed by atoms with Crippen molar-refractivity contribution in [1.82, 2.24) is 5.32 Å². The van der Waals surface area contributed by atoms with Gasteiger partial charge in [-0.15, -0.1) is 0 Å². The highest BCUT2D eigenvalue weighted by Gasteiger charge is 2.10. The summed E-state index contributed by atoms with van der Waals surface area (Å²) in [4.78, 5) is 0. The van der Waals surface area contributed by atoms with Gasteiger partial charge in [-0.1, -0.05) is 30.3 Å². The van der Waals surface area contributed by atoms with Gasteiger partial charge in [0.05, 0.1) is 12.2 Å². The summed E-state index contributed by atoms with van der Waals surface area (Å²) in [7, 11) is 0. The quantitative estimate of drug-likeness (QED) is 0.748. The molecule has 0 aliphatic rings. The predicted octanol–water partition coefficient (Wildman–Crippen LogP) is 2.10. The molecule has 0 saturated heterocycles. The van der Waals surface area contributed by atoms with Crippen LogP contribution in [0.15, 0.2) is 47.2 Å². The van der Waals surface area contributed by atoms with E-state index in [1.165, 1.54) is 0 Å². The zero-order chi connectivity index (χ0) is 12.8. The van der Waals surface area contributed by atoms with Crippen molar-refractivity contribution in [2.75, 3.05) is 13.1 Å². The largest absolute Gasteiger partial charge is 0.387 e. The van der Waals surface area contributed by atoms with E-state index in [2.05, 4.69) is 5.32 Å². The average molecular weight is 263 g/mol. The zero-order valence-corrected chi connectivity index (χ0v) is 10.8. The second-order valence-electron chi connectivity index (χ2n) is 4.16. The van der Waals surface area contributed by atoms with E-state index in [1.807, 2.05) is 47.2 Å². The second kappa shape index (κ2) is 6.66. The molecule has 96 valence electrons. The summed E-state index contributed by atoms with van der Waals surface area (Å²) in [6.07, 6.45) is -1.06. The van der Waals surface area contributed by atoms with E-state index >= 15 is 0 Å². The minimum Gasteiger partial charge on any atom is -0.387 e. The number of nitrogens with one attached hydrogen (secondary N) is 1. The number of hydrogen-bond donors (Lipinski definition) is 3. The van der Waals surface area contributed by atoms with Crippen molar-refractivity contribution in [3.05, 3.63) is 58.3 Å². The Kier molecular flexibility index (Phi) is 4.90. The van der Waals surface area contributed by atoms with Crippen LogP contribution in [-0.4, -0.2) is 23.3 Å². The van der Waals surface area contributed by atoms with Gasteiger partial charge >= 0.3 is 0 Å². The van der Waals surface area contributed by atoms with E-state index in [0.717, 1.165) is 11.1 Å². The maximum absolute atomic E-state index is 9.92. The van der Waals surface area contributed by atoms with E-state index in [1.54, 1.807) is 11.3 Å². The molecule has 0 aliphatic carbocycles. The SMILES string of the molecule is OC(CNCC(O)c1ccsc1)c1ccccc1. The summed E-state index contributed by atoms with van der Waals surface area (Å²) >= 11 is 1.57. The standard InChI is InChI=1S/C14H17NO2S/c16-13(11-4-2-1-3-5-11)8-15-9-14(17)12-6-7-18-10-12/h1-7,10,13-17H,8-9H2. The van der Waals surface area contributed by atoms with Crippen molar-refractivity contribution >= 4 is 11.3 Å². The van der Waals surface area contributed by atoms with Crippen molar-refractivity contribution in [2.24, 2.45) is 0 Å². The van der Waals surface area contributed by atoms with Gasteiger partial charge < -0.3 is 15.5 Å². The first kappa shape index (κ1) is 13.2. The molecule has 2 rings (SSSR count). The molecule has 0 aliphatic heterocycles. The van der Waals surface area contributed by atoms with E-state index in [0.29, 0.717) is 13.1 Å². The minimum atomic E-state index is -0.541. The van der Waals surface area contributed by atoms with E-state index < -0.39 is 12.2 Å². The third kappa shape index (κ3) is 3.65. The van der Waals surface area contributed by atoms with Gasteiger partial charge in [-0.3, -0.25) is 0 Å². The van der Waals surface area contributed by atoms with Crippen LogP contribution < -0.4 is 5.32 Å². The van der Waals surface area contributed by atoms with Gasteiger partial charge in [0.2, 0.25) is 0 Å². The summed E-state index contributed by atoms with van der Waals surface area (Å²) in [6, 6.07) is 11.4. The number of aliphatic hydroxyl groups excluding tert-OH is 2. The Bertz CT molecular complexity index is 444. The molecule has 0 amide bonds. The Balaban J connectivity index is 1.76. The van der Waals surface area contributed by atoms with Gasteiger partial charge in [0.1, 0.15) is 0 Å². The highest BCUT2D eigenvalue weighted by Crippen LogP contribution is 2.16. The highest BCUT2D eigenvalue weighted by atomic mass is 32.1. The summed E-state index contributed by atoms with van der Waals surface area (Å²) in [5, 5.41) is 26.7. The molecule has 0 radical (unpaired) electrons. The van der Waals surface area contributed by atoms with Crippen molar-refractivity contribution in [3.63, 3.8) is 0 Å². The first-order valence-electron chi connectivity index (χ1n) is 5.91. The zero-order valence-electron chi connectivity index (χ0n) is 9.99. The summed E-state index contributed by atoms with van der Waals surface area (Å²) in [5.41, 5.74) is 1.80. The van der Waals surface area contributed by atoms with Crippen LogP contribution in [-0.2, 0) is 0 Å². The molecule has 2 atom stereocenters. The molecule has 2 unspecified atom stereocenters. The van der Waals surface area contributed by atoms with Crippen LogP contribution in [0.3, 0.4) is 0 Å². The Hall–Kier alpha value is -1.20. The predicted molar refractivity (Wildman–Crippen MR) is 73.6 cm³/mol. The summed E-state index contributed by atoms with van der Waals surface area (Å²) < 4.78 is 0. The fourth-order valence-electron chi connectivity index (χ4n) is 1.73. The Labute approximate surface area is 111 Å². The lowest BCUT2D eigenvalue weighted by molar-refractivity contribution is 0.147. The Morgan fingerprint density at radius 1 is 0.944 bits per heavy atom. The highest BCUT2D eigenvalue weighted by molar-refractivity contribution is 7.07. The third-order valence-corrected chi connectivity index (χ3v) is 3.49. The molecule has 1 aromatic carbocycles. The molecule has 18 heavy (non-hydrogen) atoms. The molecule has 0 bridgehead atoms. The number of thiophene rings is 1. The third-order valence-electron chi connectivity index (χ3n) is 2.79. The average Bonchev–Trinajstić information content (AvgIpc) is 2.93. The van der Waals surface area contributed by atoms with Crippen LogP contribution in [0.5, 0.6) is 0 Å². The number of rotatable bonds is 6. The fourth-order valence-corrected chi connectivity index (χ4v) is 2.44. The van der Waals surface area contributed by atoms with Crippen LogP contribution in [0.4, 0.5) is 0 Å². The molecule has 4 heteroatoms. The number of benzene rings is 1. The van der Waals surface area contributed by atoms with E-state index in [4.69, 9.17) is 0 Å². The van der Waals surface area contributed by atoms with Gasteiger partial charge in [0, 0.05) is 13.1 Å². The molecule has 3 nitrogen and oxygen atoms in total. The van der Waals surface area contributed by atoms with E-state index in [-0.39, 0.29) is 0 Å². The Morgan fingerprint density at radius 3 is 2.22 bits per heavy atom. The first-order valence-corrected chi connectivity index (χ1v) is 6.85. The monoisotopic (exact) mass is 263 g/mol. The molecular weight excluding hydrogens is 246 g/mol. The normalized spacial score (nSPS) is 14.3. The van der Waals surface area contributed by atoms with Gasteiger partial charge in [0.25, 0.3) is 0 Å². The topological polar surface area (TPSA) is 52.5 Å². The molecule has 3 N–H and O–H groups in total. The summed E-state index contributed by atoms with van der Waals surface area (Å²) in [6.45, 7) is 0.881. The van der Waals surface area contributed by atoms with Crippen molar-refractivity contribution in [3.8, 4) is 0 Å². The summed E-state index contributed by atoms with van der Waals surface area (Å²) in [5.74, 6) is 0.